The predicted octanol–water partition coefficient (Wildman–Crippen LogP) is 2.41. The third-order valence-corrected chi connectivity index (χ3v) is 2.76. The molecule has 5 nitrogen and oxygen atoms in total. The van der Waals surface area contributed by atoms with Crippen LogP contribution in [0.3, 0.4) is 0 Å². The van der Waals surface area contributed by atoms with Crippen LogP contribution in [0, 0.1) is 0 Å². The van der Waals surface area contributed by atoms with Crippen LogP contribution in [0.25, 0.3) is 0 Å². The second-order valence-corrected chi connectivity index (χ2v) is 4.40. The highest BCUT2D eigenvalue weighted by Crippen LogP contribution is 2.15. The van der Waals surface area contributed by atoms with E-state index in [0.29, 0.717) is 24.8 Å². The molecule has 5 heteroatoms. The summed E-state index contributed by atoms with van der Waals surface area (Å²) in [7, 11) is 0. The Kier molecular flexibility index (Phi) is 5.32. The fourth-order valence-electron chi connectivity index (χ4n) is 1.72. The van der Waals surface area contributed by atoms with Crippen LogP contribution in [0.15, 0.2) is 42.7 Å². The molecular formula is C15H19N3O2. The van der Waals surface area contributed by atoms with Crippen molar-refractivity contribution in [3.05, 3.63) is 48.3 Å². The topological polar surface area (TPSA) is 67.3 Å². The quantitative estimate of drug-likeness (QED) is 0.811. The van der Waals surface area contributed by atoms with E-state index in [1.54, 1.807) is 6.07 Å². The van der Waals surface area contributed by atoms with Crippen LogP contribution in [-0.2, 0) is 0 Å². The number of rotatable bonds is 7. The van der Waals surface area contributed by atoms with Gasteiger partial charge in [0.15, 0.2) is 0 Å². The molecule has 0 aliphatic rings. The molecule has 1 unspecified atom stereocenters. The van der Waals surface area contributed by atoms with Gasteiger partial charge in [0.25, 0.3) is 0 Å². The first-order chi connectivity index (χ1) is 9.79. The van der Waals surface area contributed by atoms with Crippen molar-refractivity contribution in [2.24, 2.45) is 0 Å². The molecular weight excluding hydrogens is 254 g/mol. The first kappa shape index (κ1) is 14.3. The van der Waals surface area contributed by atoms with Crippen LogP contribution in [0.1, 0.15) is 25.0 Å². The maximum absolute atomic E-state index is 10.1. The highest BCUT2D eigenvalue weighted by Gasteiger charge is 2.07. The Balaban J connectivity index is 1.90. The Labute approximate surface area is 118 Å². The number of anilines is 1. The van der Waals surface area contributed by atoms with Crippen molar-refractivity contribution in [2.45, 2.75) is 19.4 Å². The van der Waals surface area contributed by atoms with Gasteiger partial charge in [0.05, 0.1) is 12.7 Å². The van der Waals surface area contributed by atoms with Gasteiger partial charge in [0, 0.05) is 12.6 Å². The molecule has 1 atom stereocenters. The van der Waals surface area contributed by atoms with Crippen LogP contribution < -0.4 is 10.1 Å². The van der Waals surface area contributed by atoms with Crippen molar-refractivity contribution >= 4 is 5.82 Å². The number of nitrogens with one attached hydrogen (secondary N) is 1. The molecule has 1 heterocycles. The third kappa shape index (κ3) is 4.20. The standard InChI is InChI=1S/C15H19N3O2/c1-2-8-20-15-9-14(17-11-18-15)16-10-13(19)12-6-4-3-5-7-12/h3-7,9,11,13,19H,2,8,10H2,1H3,(H,16,17,18). The van der Waals surface area contributed by atoms with Gasteiger partial charge in [0.1, 0.15) is 12.1 Å². The number of aliphatic hydroxyl groups excluding tert-OH is 1. The maximum Gasteiger partial charge on any atom is 0.218 e. The SMILES string of the molecule is CCCOc1cc(NCC(O)c2ccccc2)ncn1. The molecule has 1 aromatic carbocycles. The number of hydrogen-bond donors (Lipinski definition) is 2. The van der Waals surface area contributed by atoms with Gasteiger partial charge in [-0.1, -0.05) is 37.3 Å². The zero-order chi connectivity index (χ0) is 14.2. The molecule has 2 aromatic rings. The van der Waals surface area contributed by atoms with E-state index in [1.165, 1.54) is 6.33 Å². The molecule has 0 spiro atoms. The van der Waals surface area contributed by atoms with E-state index in [9.17, 15) is 5.11 Å². The molecule has 0 radical (unpaired) electrons. The van der Waals surface area contributed by atoms with Gasteiger partial charge in [-0.3, -0.25) is 0 Å². The molecule has 0 saturated carbocycles. The second kappa shape index (κ2) is 7.45. The summed E-state index contributed by atoms with van der Waals surface area (Å²) in [5.74, 6) is 1.18. The summed E-state index contributed by atoms with van der Waals surface area (Å²) in [5.41, 5.74) is 0.872. The minimum Gasteiger partial charge on any atom is -0.478 e. The molecule has 1 aromatic heterocycles. The summed E-state index contributed by atoms with van der Waals surface area (Å²) in [4.78, 5) is 8.13. The minimum absolute atomic E-state index is 0.383. The fourth-order valence-corrected chi connectivity index (χ4v) is 1.72. The van der Waals surface area contributed by atoms with Gasteiger partial charge >= 0.3 is 0 Å². The summed E-state index contributed by atoms with van der Waals surface area (Å²) < 4.78 is 5.43. The average molecular weight is 273 g/mol. The van der Waals surface area contributed by atoms with Crippen LogP contribution in [-0.4, -0.2) is 28.2 Å². The van der Waals surface area contributed by atoms with Crippen molar-refractivity contribution < 1.29 is 9.84 Å². The van der Waals surface area contributed by atoms with Gasteiger partial charge < -0.3 is 15.2 Å². The third-order valence-electron chi connectivity index (χ3n) is 2.76. The zero-order valence-electron chi connectivity index (χ0n) is 11.5. The molecule has 0 amide bonds. The summed E-state index contributed by atoms with van der Waals surface area (Å²) in [6.45, 7) is 3.05. The molecule has 0 fully saturated rings. The normalized spacial score (nSPS) is 11.9. The summed E-state index contributed by atoms with van der Waals surface area (Å²) in [6.07, 6.45) is 1.80. The van der Waals surface area contributed by atoms with E-state index in [-0.39, 0.29) is 0 Å². The van der Waals surface area contributed by atoms with Crippen LogP contribution in [0.5, 0.6) is 5.88 Å². The summed E-state index contributed by atoms with van der Waals surface area (Å²) in [6, 6.07) is 11.2. The highest BCUT2D eigenvalue weighted by molar-refractivity contribution is 5.37. The first-order valence-electron chi connectivity index (χ1n) is 6.71. The number of benzene rings is 1. The number of aliphatic hydroxyl groups is 1. The van der Waals surface area contributed by atoms with Crippen LogP contribution >= 0.6 is 0 Å². The Morgan fingerprint density at radius 3 is 2.80 bits per heavy atom. The molecule has 0 bridgehead atoms. The van der Waals surface area contributed by atoms with E-state index in [4.69, 9.17) is 4.74 Å². The Morgan fingerprint density at radius 1 is 1.25 bits per heavy atom. The van der Waals surface area contributed by atoms with E-state index in [1.807, 2.05) is 37.3 Å². The van der Waals surface area contributed by atoms with E-state index in [0.717, 1.165) is 12.0 Å². The predicted molar refractivity (Wildman–Crippen MR) is 77.7 cm³/mol. The Bertz CT molecular complexity index is 520. The largest absolute Gasteiger partial charge is 0.478 e. The smallest absolute Gasteiger partial charge is 0.218 e. The van der Waals surface area contributed by atoms with Gasteiger partial charge in [-0.15, -0.1) is 0 Å². The van der Waals surface area contributed by atoms with Gasteiger partial charge in [-0.05, 0) is 12.0 Å². The van der Waals surface area contributed by atoms with Crippen molar-refractivity contribution in [1.82, 2.24) is 9.97 Å². The number of aromatic nitrogens is 2. The van der Waals surface area contributed by atoms with E-state index >= 15 is 0 Å². The van der Waals surface area contributed by atoms with Crippen LogP contribution in [0.4, 0.5) is 5.82 Å². The Hall–Kier alpha value is -2.14. The lowest BCUT2D eigenvalue weighted by Gasteiger charge is -2.13. The van der Waals surface area contributed by atoms with E-state index < -0.39 is 6.10 Å². The molecule has 2 N–H and O–H groups in total. The Morgan fingerprint density at radius 2 is 2.05 bits per heavy atom. The number of nitrogens with zero attached hydrogens (tertiary/aromatic N) is 2. The highest BCUT2D eigenvalue weighted by atomic mass is 16.5. The van der Waals surface area contributed by atoms with Gasteiger partial charge in [0.2, 0.25) is 5.88 Å². The summed E-state index contributed by atoms with van der Waals surface area (Å²) >= 11 is 0. The number of ether oxygens (including phenoxy) is 1. The van der Waals surface area contributed by atoms with E-state index in [2.05, 4.69) is 15.3 Å². The molecule has 0 aliphatic carbocycles. The fraction of sp³-hybridized carbons (Fsp3) is 0.333. The van der Waals surface area contributed by atoms with Crippen molar-refractivity contribution in [1.29, 1.82) is 0 Å². The lowest BCUT2D eigenvalue weighted by atomic mass is 10.1. The molecule has 20 heavy (non-hydrogen) atoms. The van der Waals surface area contributed by atoms with Gasteiger partial charge in [-0.2, -0.15) is 0 Å². The van der Waals surface area contributed by atoms with Crippen molar-refractivity contribution in [2.75, 3.05) is 18.5 Å². The van der Waals surface area contributed by atoms with Crippen molar-refractivity contribution in [3.8, 4) is 5.88 Å². The lowest BCUT2D eigenvalue weighted by molar-refractivity contribution is 0.191. The molecule has 0 saturated heterocycles. The number of hydrogen-bond acceptors (Lipinski definition) is 5. The minimum atomic E-state index is -0.578. The van der Waals surface area contributed by atoms with Crippen LogP contribution in [0.2, 0.25) is 0 Å². The first-order valence-corrected chi connectivity index (χ1v) is 6.71. The van der Waals surface area contributed by atoms with Gasteiger partial charge in [-0.25, -0.2) is 9.97 Å². The van der Waals surface area contributed by atoms with Crippen molar-refractivity contribution in [3.63, 3.8) is 0 Å². The summed E-state index contributed by atoms with van der Waals surface area (Å²) in [5, 5.41) is 13.1. The average Bonchev–Trinajstić information content (AvgIpc) is 2.52. The maximum atomic E-state index is 10.1. The molecule has 106 valence electrons. The monoisotopic (exact) mass is 273 g/mol. The second-order valence-electron chi connectivity index (χ2n) is 4.40. The lowest BCUT2D eigenvalue weighted by Crippen LogP contribution is -2.13. The molecule has 2 rings (SSSR count). The zero-order valence-corrected chi connectivity index (χ0v) is 11.5. The molecule has 0 aliphatic heterocycles.